The summed E-state index contributed by atoms with van der Waals surface area (Å²) in [5, 5.41) is 23.1. The summed E-state index contributed by atoms with van der Waals surface area (Å²) in [7, 11) is 0. The number of carboxylic acids is 1. The van der Waals surface area contributed by atoms with E-state index in [1.54, 1.807) is 0 Å². The van der Waals surface area contributed by atoms with Gasteiger partial charge in [0.15, 0.2) is 0 Å². The Morgan fingerprint density at radius 1 is 1.21 bits per heavy atom. The number of allylic oxidation sites excluding steroid dienone is 1. The van der Waals surface area contributed by atoms with Gasteiger partial charge in [-0.3, -0.25) is 0 Å². The van der Waals surface area contributed by atoms with Crippen LogP contribution in [0.25, 0.3) is 0 Å². The van der Waals surface area contributed by atoms with Crippen molar-refractivity contribution >= 4 is 11.7 Å². The Labute approximate surface area is 168 Å². The van der Waals surface area contributed by atoms with Crippen LogP contribution in [-0.4, -0.2) is 34.6 Å². The Morgan fingerprint density at radius 3 is 2.75 bits per heavy atom. The van der Waals surface area contributed by atoms with Gasteiger partial charge < -0.3 is 15.1 Å². The first kappa shape index (κ1) is 19.9. The van der Waals surface area contributed by atoms with E-state index < -0.39 is 5.97 Å². The van der Waals surface area contributed by atoms with Crippen LogP contribution in [0.2, 0.25) is 0 Å². The van der Waals surface area contributed by atoms with Crippen molar-refractivity contribution in [1.82, 2.24) is 0 Å². The zero-order valence-electron chi connectivity index (χ0n) is 17.5. The fraction of sp³-hybridized carbons (Fsp3) is 0.826. The summed E-state index contributed by atoms with van der Waals surface area (Å²) in [5.41, 5.74) is 2.99. The number of hydrogen-bond acceptors (Lipinski definition) is 4. The highest BCUT2D eigenvalue weighted by molar-refractivity contribution is 5.85. The molecule has 3 saturated carbocycles. The van der Waals surface area contributed by atoms with Crippen LogP contribution in [0, 0.1) is 34.5 Å². The first-order valence-corrected chi connectivity index (χ1v) is 11.0. The molecule has 5 heteroatoms. The van der Waals surface area contributed by atoms with Gasteiger partial charge in [-0.1, -0.05) is 30.7 Å². The fourth-order valence-electron chi connectivity index (χ4n) is 7.58. The minimum Gasteiger partial charge on any atom is -0.479 e. The lowest BCUT2D eigenvalue weighted by Gasteiger charge is -2.58. The van der Waals surface area contributed by atoms with E-state index in [9.17, 15) is 9.90 Å². The summed E-state index contributed by atoms with van der Waals surface area (Å²) in [4.78, 5) is 15.8. The number of carbonyl (C=O) groups is 1. The van der Waals surface area contributed by atoms with Crippen molar-refractivity contribution in [1.29, 1.82) is 0 Å². The molecule has 5 nitrogen and oxygen atoms in total. The van der Waals surface area contributed by atoms with Gasteiger partial charge in [0.05, 0.1) is 11.8 Å². The van der Waals surface area contributed by atoms with Crippen LogP contribution in [0.4, 0.5) is 0 Å². The van der Waals surface area contributed by atoms with Gasteiger partial charge >= 0.3 is 5.97 Å². The highest BCUT2D eigenvalue weighted by Gasteiger charge is 2.59. The van der Waals surface area contributed by atoms with Crippen LogP contribution < -0.4 is 0 Å². The molecule has 0 aromatic heterocycles. The molecule has 0 heterocycles. The van der Waals surface area contributed by atoms with E-state index in [0.29, 0.717) is 11.8 Å². The zero-order chi connectivity index (χ0) is 20.1. The van der Waals surface area contributed by atoms with Crippen molar-refractivity contribution in [3.05, 3.63) is 11.6 Å². The summed E-state index contributed by atoms with van der Waals surface area (Å²) in [6.45, 7) is 6.54. The Kier molecular flexibility index (Phi) is 5.09. The molecule has 0 bridgehead atoms. The summed E-state index contributed by atoms with van der Waals surface area (Å²) < 4.78 is 0. The molecule has 0 aliphatic heterocycles. The average Bonchev–Trinajstić information content (AvgIpc) is 2.99. The summed E-state index contributed by atoms with van der Waals surface area (Å²) in [6, 6.07) is 0. The molecule has 4 aliphatic carbocycles. The van der Waals surface area contributed by atoms with Crippen LogP contribution in [0.5, 0.6) is 0 Å². The highest BCUT2D eigenvalue weighted by atomic mass is 16.6. The molecular weight excluding hydrogens is 354 g/mol. The molecule has 0 aromatic carbocycles. The van der Waals surface area contributed by atoms with Crippen molar-refractivity contribution in [3.8, 4) is 0 Å². The number of carboxylic acid groups (broad SMARTS) is 1. The predicted molar refractivity (Wildman–Crippen MR) is 108 cm³/mol. The van der Waals surface area contributed by atoms with Crippen molar-refractivity contribution in [2.45, 2.75) is 78.2 Å². The standard InChI is InChI=1S/C23H35NO4/c1-14(24-28-13-21(26)27)18-6-7-19-17-5-4-15-12-16(25)8-10-22(15,2)20(17)9-11-23(18,19)3/h4,16-20,25H,5-13H2,1-3H3,(H,26,27)/b24-14-/t16-,17-,18+,19-,20-,22-,23+/m0/s1. The van der Waals surface area contributed by atoms with E-state index in [1.807, 2.05) is 6.92 Å². The second-order valence-corrected chi connectivity index (χ2v) is 10.2. The van der Waals surface area contributed by atoms with Gasteiger partial charge in [0, 0.05) is 5.92 Å². The number of rotatable bonds is 4. The lowest BCUT2D eigenvalue weighted by atomic mass is 9.47. The number of fused-ring (bicyclic) bond motifs is 5. The summed E-state index contributed by atoms with van der Waals surface area (Å²) in [5.74, 6) is 1.56. The van der Waals surface area contributed by atoms with E-state index >= 15 is 0 Å². The van der Waals surface area contributed by atoms with Crippen LogP contribution in [0.3, 0.4) is 0 Å². The number of hydrogen-bond donors (Lipinski definition) is 2. The first-order chi connectivity index (χ1) is 13.3. The Bertz CT molecular complexity index is 701. The topological polar surface area (TPSA) is 79.1 Å². The first-order valence-electron chi connectivity index (χ1n) is 11.0. The molecule has 0 unspecified atom stereocenters. The Balaban J connectivity index is 1.54. The van der Waals surface area contributed by atoms with E-state index in [1.165, 1.54) is 24.8 Å². The molecule has 28 heavy (non-hydrogen) atoms. The Hall–Kier alpha value is -1.36. The van der Waals surface area contributed by atoms with E-state index in [2.05, 4.69) is 25.1 Å². The van der Waals surface area contributed by atoms with E-state index in [0.717, 1.165) is 49.7 Å². The molecule has 0 saturated heterocycles. The average molecular weight is 390 g/mol. The van der Waals surface area contributed by atoms with Gasteiger partial charge in [0.1, 0.15) is 0 Å². The van der Waals surface area contributed by atoms with Gasteiger partial charge in [0.25, 0.3) is 0 Å². The van der Waals surface area contributed by atoms with E-state index in [-0.39, 0.29) is 23.5 Å². The lowest BCUT2D eigenvalue weighted by molar-refractivity contribution is -0.142. The molecule has 4 rings (SSSR count). The van der Waals surface area contributed by atoms with Gasteiger partial charge in [-0.05, 0) is 86.9 Å². The smallest absolute Gasteiger partial charge is 0.344 e. The van der Waals surface area contributed by atoms with Crippen molar-refractivity contribution < 1.29 is 19.8 Å². The fourth-order valence-corrected chi connectivity index (χ4v) is 7.58. The molecule has 0 radical (unpaired) electrons. The third-order valence-electron chi connectivity index (χ3n) is 8.98. The maximum absolute atomic E-state index is 10.7. The number of aliphatic carboxylic acids is 1. The zero-order valence-corrected chi connectivity index (χ0v) is 17.5. The predicted octanol–water partition coefficient (Wildman–Crippen LogP) is 4.40. The molecule has 3 fully saturated rings. The van der Waals surface area contributed by atoms with Crippen LogP contribution >= 0.6 is 0 Å². The molecule has 156 valence electrons. The van der Waals surface area contributed by atoms with Crippen LogP contribution in [0.15, 0.2) is 16.8 Å². The third kappa shape index (κ3) is 3.10. The molecule has 0 spiro atoms. The number of aliphatic hydroxyl groups is 1. The monoisotopic (exact) mass is 389 g/mol. The van der Waals surface area contributed by atoms with Gasteiger partial charge in [0.2, 0.25) is 6.61 Å². The highest BCUT2D eigenvalue weighted by Crippen LogP contribution is 2.66. The number of oxime groups is 1. The van der Waals surface area contributed by atoms with E-state index in [4.69, 9.17) is 9.94 Å². The van der Waals surface area contributed by atoms with Crippen molar-refractivity contribution in [2.24, 2.45) is 39.7 Å². The maximum Gasteiger partial charge on any atom is 0.344 e. The number of aliphatic hydroxyl groups excluding tert-OH is 1. The minimum absolute atomic E-state index is 0.148. The lowest BCUT2D eigenvalue weighted by Crippen LogP contribution is -2.50. The van der Waals surface area contributed by atoms with Gasteiger partial charge in [-0.25, -0.2) is 4.79 Å². The van der Waals surface area contributed by atoms with Crippen molar-refractivity contribution in [3.63, 3.8) is 0 Å². The second kappa shape index (κ2) is 7.16. The minimum atomic E-state index is -0.983. The van der Waals surface area contributed by atoms with Crippen LogP contribution in [0.1, 0.15) is 72.1 Å². The second-order valence-electron chi connectivity index (χ2n) is 10.2. The van der Waals surface area contributed by atoms with Crippen LogP contribution in [-0.2, 0) is 9.63 Å². The molecule has 4 aliphatic rings. The van der Waals surface area contributed by atoms with Gasteiger partial charge in [-0.2, -0.15) is 0 Å². The quantitative estimate of drug-likeness (QED) is 0.424. The third-order valence-corrected chi connectivity index (χ3v) is 8.98. The maximum atomic E-state index is 10.7. The molecule has 0 amide bonds. The number of nitrogens with zero attached hydrogens (tertiary/aromatic N) is 1. The van der Waals surface area contributed by atoms with Crippen molar-refractivity contribution in [2.75, 3.05) is 6.61 Å². The largest absolute Gasteiger partial charge is 0.479 e. The Morgan fingerprint density at radius 2 is 2.00 bits per heavy atom. The molecule has 7 atom stereocenters. The van der Waals surface area contributed by atoms with Gasteiger partial charge in [-0.15, -0.1) is 0 Å². The normalized spacial score (nSPS) is 45.5. The summed E-state index contributed by atoms with van der Waals surface area (Å²) >= 11 is 0. The SMILES string of the molecule is C/C(=N/OCC(=O)O)[C@H]1CC[C@H]2[C@@H]3CC=C4C[C@@H](O)CC[C@]4(C)[C@H]3CC[C@]12C. The molecule has 2 N–H and O–H groups in total. The molecule has 0 aromatic rings. The summed E-state index contributed by atoms with van der Waals surface area (Å²) in [6.07, 6.45) is 11.2. The molecular formula is C23H35NO4.